The first kappa shape index (κ1) is 13.3. The molecule has 0 amide bonds. The lowest BCUT2D eigenvalue weighted by Crippen LogP contribution is -1.96. The van der Waals surface area contributed by atoms with Crippen molar-refractivity contribution in [3.05, 3.63) is 72.2 Å². The van der Waals surface area contributed by atoms with Crippen LogP contribution < -0.4 is 0 Å². The molecule has 0 unspecified atom stereocenters. The summed E-state index contributed by atoms with van der Waals surface area (Å²) in [6.45, 7) is 0.0426. The molecule has 2 heterocycles. The van der Waals surface area contributed by atoms with Crippen LogP contribution >= 0.6 is 11.8 Å². The van der Waals surface area contributed by atoms with Gasteiger partial charge in [0.25, 0.3) is 0 Å². The van der Waals surface area contributed by atoms with Gasteiger partial charge in [-0.15, -0.1) is 10.2 Å². The molecule has 0 saturated carbocycles. The molecule has 0 radical (unpaired) electrons. The minimum atomic E-state index is 0.0426. The normalized spacial score (nSPS) is 13.2. The van der Waals surface area contributed by atoms with Crippen molar-refractivity contribution in [2.45, 2.75) is 16.4 Å². The third-order valence-electron chi connectivity index (χ3n) is 3.56. The zero-order valence-corrected chi connectivity index (χ0v) is 12.5. The molecule has 4 nitrogen and oxygen atoms in total. The summed E-state index contributed by atoms with van der Waals surface area (Å²) in [5, 5.41) is 17.9. The van der Waals surface area contributed by atoms with Crippen molar-refractivity contribution >= 4 is 23.0 Å². The van der Waals surface area contributed by atoms with E-state index in [1.54, 1.807) is 11.8 Å². The van der Waals surface area contributed by atoms with Gasteiger partial charge in [-0.05, 0) is 23.8 Å². The largest absolute Gasteiger partial charge is 0.392 e. The van der Waals surface area contributed by atoms with Crippen molar-refractivity contribution < 1.29 is 5.11 Å². The summed E-state index contributed by atoms with van der Waals surface area (Å²) in [6, 6.07) is 11.9. The van der Waals surface area contributed by atoms with Crippen LogP contribution in [0.3, 0.4) is 0 Å². The van der Waals surface area contributed by atoms with Crippen LogP contribution in [0, 0.1) is 0 Å². The number of allylic oxidation sites excluding steroid dienone is 4. The van der Waals surface area contributed by atoms with E-state index in [0.717, 1.165) is 32.4 Å². The number of benzene rings is 1. The van der Waals surface area contributed by atoms with Crippen LogP contribution in [0.5, 0.6) is 0 Å². The van der Waals surface area contributed by atoms with Gasteiger partial charge in [-0.25, -0.2) is 0 Å². The highest BCUT2D eigenvalue weighted by molar-refractivity contribution is 7.99. The SMILES string of the molecule is OCc1ccccc1Sc1ccc2nnc(C3=CC=C3)n2c1. The Bertz CT molecular complexity index is 911. The van der Waals surface area contributed by atoms with E-state index in [0.29, 0.717) is 0 Å². The van der Waals surface area contributed by atoms with Crippen molar-refractivity contribution in [2.24, 2.45) is 0 Å². The molecule has 0 bridgehead atoms. The number of hydrogen-bond donors (Lipinski definition) is 1. The summed E-state index contributed by atoms with van der Waals surface area (Å²) < 4.78 is 2.00. The van der Waals surface area contributed by atoms with E-state index in [-0.39, 0.29) is 6.61 Å². The van der Waals surface area contributed by atoms with Gasteiger partial charge in [-0.2, -0.15) is 0 Å². The van der Waals surface area contributed by atoms with Crippen LogP contribution in [0.15, 0.2) is 70.6 Å². The van der Waals surface area contributed by atoms with Crippen LogP contribution in [0.25, 0.3) is 11.2 Å². The first-order valence-electron chi connectivity index (χ1n) is 6.95. The van der Waals surface area contributed by atoms with Gasteiger partial charge in [0, 0.05) is 21.6 Å². The highest BCUT2D eigenvalue weighted by Crippen LogP contribution is 2.31. The Labute approximate surface area is 131 Å². The third kappa shape index (κ3) is 2.24. The Hall–Kier alpha value is -2.37. The quantitative estimate of drug-likeness (QED) is 0.803. The number of rotatable bonds is 4. The minimum Gasteiger partial charge on any atom is -0.392 e. The van der Waals surface area contributed by atoms with Gasteiger partial charge < -0.3 is 5.11 Å². The molecule has 4 rings (SSSR count). The van der Waals surface area contributed by atoms with Gasteiger partial charge in [0.05, 0.1) is 6.61 Å². The maximum Gasteiger partial charge on any atom is 0.168 e. The van der Waals surface area contributed by atoms with Crippen molar-refractivity contribution in [3.8, 4) is 0 Å². The van der Waals surface area contributed by atoms with Gasteiger partial charge in [0.1, 0.15) is 0 Å². The summed E-state index contributed by atoms with van der Waals surface area (Å²) in [6.07, 6.45) is 8.08. The molecule has 0 saturated heterocycles. The van der Waals surface area contributed by atoms with E-state index < -0.39 is 0 Å². The van der Waals surface area contributed by atoms with Crippen LogP contribution in [0.1, 0.15) is 11.4 Å². The number of pyridine rings is 1. The summed E-state index contributed by atoms with van der Waals surface area (Å²) in [4.78, 5) is 2.14. The standard InChI is InChI=1S/C17H13N3OS/c21-11-13-4-1-2-7-15(13)22-14-8-9-16-18-19-17(20(16)10-14)12-5-3-6-12/h1-10,21H,11H2. The van der Waals surface area contributed by atoms with Crippen LogP contribution in [-0.4, -0.2) is 19.7 Å². The molecule has 0 fully saturated rings. The summed E-state index contributed by atoms with van der Waals surface area (Å²) >= 11 is 1.63. The molecule has 1 aromatic carbocycles. The molecular formula is C17H13N3OS. The van der Waals surface area contributed by atoms with Crippen molar-refractivity contribution in [1.29, 1.82) is 0 Å². The van der Waals surface area contributed by atoms with Gasteiger partial charge >= 0.3 is 0 Å². The second kappa shape index (κ2) is 5.44. The van der Waals surface area contributed by atoms with Crippen LogP contribution in [0.2, 0.25) is 0 Å². The minimum absolute atomic E-state index is 0.0426. The topological polar surface area (TPSA) is 50.4 Å². The molecular weight excluding hydrogens is 294 g/mol. The number of fused-ring (bicyclic) bond motifs is 1. The Balaban J connectivity index is 1.73. The molecule has 3 aromatic rings. The summed E-state index contributed by atoms with van der Waals surface area (Å²) in [5.41, 5.74) is 2.85. The lowest BCUT2D eigenvalue weighted by Gasteiger charge is -2.08. The van der Waals surface area contributed by atoms with E-state index in [4.69, 9.17) is 0 Å². The monoisotopic (exact) mass is 307 g/mol. The Morgan fingerprint density at radius 3 is 2.73 bits per heavy atom. The van der Waals surface area contributed by atoms with Crippen LogP contribution in [-0.2, 0) is 6.61 Å². The summed E-state index contributed by atoms with van der Waals surface area (Å²) in [7, 11) is 0. The fourth-order valence-electron chi connectivity index (χ4n) is 2.33. The van der Waals surface area contributed by atoms with Crippen molar-refractivity contribution in [1.82, 2.24) is 14.6 Å². The van der Waals surface area contributed by atoms with Gasteiger partial charge in [0.2, 0.25) is 0 Å². The van der Waals surface area contributed by atoms with Crippen molar-refractivity contribution in [2.75, 3.05) is 0 Å². The highest BCUT2D eigenvalue weighted by atomic mass is 32.2. The first-order valence-corrected chi connectivity index (χ1v) is 7.77. The lowest BCUT2D eigenvalue weighted by molar-refractivity contribution is 0.279. The fourth-order valence-corrected chi connectivity index (χ4v) is 3.29. The molecule has 0 spiro atoms. The highest BCUT2D eigenvalue weighted by Gasteiger charge is 2.12. The predicted octanol–water partition coefficient (Wildman–Crippen LogP) is 3.33. The number of hydrogen-bond acceptors (Lipinski definition) is 4. The van der Waals surface area contributed by atoms with Gasteiger partial charge in [0.15, 0.2) is 11.5 Å². The Morgan fingerprint density at radius 2 is 1.95 bits per heavy atom. The van der Waals surface area contributed by atoms with Crippen molar-refractivity contribution in [3.63, 3.8) is 0 Å². The van der Waals surface area contributed by atoms with Gasteiger partial charge in [-0.3, -0.25) is 4.40 Å². The second-order valence-corrected chi connectivity index (χ2v) is 6.08. The first-order chi connectivity index (χ1) is 10.8. The predicted molar refractivity (Wildman–Crippen MR) is 86.6 cm³/mol. The molecule has 5 heteroatoms. The van der Waals surface area contributed by atoms with E-state index in [1.807, 2.05) is 65.2 Å². The molecule has 1 N–H and O–H groups in total. The maximum absolute atomic E-state index is 9.44. The van der Waals surface area contributed by atoms with Gasteiger partial charge in [-0.1, -0.05) is 48.2 Å². The molecule has 0 atom stereocenters. The third-order valence-corrected chi connectivity index (χ3v) is 4.65. The average Bonchev–Trinajstić information content (AvgIpc) is 2.89. The van der Waals surface area contributed by atoms with E-state index in [9.17, 15) is 5.11 Å². The molecule has 108 valence electrons. The van der Waals surface area contributed by atoms with E-state index in [2.05, 4.69) is 10.2 Å². The maximum atomic E-state index is 9.44. The summed E-state index contributed by atoms with van der Waals surface area (Å²) in [5.74, 6) is 0.857. The Morgan fingerprint density at radius 1 is 1.09 bits per heavy atom. The molecule has 1 aliphatic carbocycles. The Kier molecular flexibility index (Phi) is 3.29. The number of nitrogens with zero attached hydrogens (tertiary/aromatic N) is 3. The molecule has 2 aromatic heterocycles. The molecule has 0 aliphatic heterocycles. The van der Waals surface area contributed by atoms with Crippen LogP contribution in [0.4, 0.5) is 0 Å². The zero-order valence-electron chi connectivity index (χ0n) is 11.7. The zero-order chi connectivity index (χ0) is 14.9. The van der Waals surface area contributed by atoms with E-state index in [1.165, 1.54) is 0 Å². The number of aliphatic hydroxyl groups excluding tert-OH is 1. The molecule has 22 heavy (non-hydrogen) atoms. The van der Waals surface area contributed by atoms with E-state index >= 15 is 0 Å². The second-order valence-electron chi connectivity index (χ2n) is 4.97. The fraction of sp³-hybridized carbons (Fsp3) is 0.0588. The number of aromatic nitrogens is 3. The molecule has 1 aliphatic rings. The lowest BCUT2D eigenvalue weighted by atomic mass is 10.1. The average molecular weight is 307 g/mol. The number of aliphatic hydroxyl groups is 1. The smallest absolute Gasteiger partial charge is 0.168 e.